The zero-order valence-corrected chi connectivity index (χ0v) is 9.50. The Kier molecular flexibility index (Phi) is 2.88. The van der Waals surface area contributed by atoms with Gasteiger partial charge >= 0.3 is 0 Å². The van der Waals surface area contributed by atoms with Crippen LogP contribution in [0.2, 0.25) is 0 Å². The van der Waals surface area contributed by atoms with Crippen molar-refractivity contribution in [3.05, 3.63) is 41.3 Å². The molecule has 16 heavy (non-hydrogen) atoms. The van der Waals surface area contributed by atoms with Gasteiger partial charge in [0, 0.05) is 23.5 Å². The van der Waals surface area contributed by atoms with Gasteiger partial charge in [-0.3, -0.25) is 0 Å². The highest BCUT2D eigenvalue weighted by Gasteiger charge is 2.07. The van der Waals surface area contributed by atoms with E-state index in [1.807, 2.05) is 26.0 Å². The summed E-state index contributed by atoms with van der Waals surface area (Å²) in [6.45, 7) is 3.89. The molecule has 3 heteroatoms. The van der Waals surface area contributed by atoms with Gasteiger partial charge in [-0.1, -0.05) is 12.1 Å². The molecule has 1 heterocycles. The van der Waals surface area contributed by atoms with Gasteiger partial charge in [-0.15, -0.1) is 0 Å². The molecule has 84 valence electrons. The van der Waals surface area contributed by atoms with Crippen LogP contribution >= 0.6 is 0 Å². The molecule has 0 fully saturated rings. The van der Waals surface area contributed by atoms with E-state index in [0.717, 1.165) is 16.6 Å². The fourth-order valence-corrected chi connectivity index (χ4v) is 1.89. The van der Waals surface area contributed by atoms with E-state index in [9.17, 15) is 4.39 Å². The second kappa shape index (κ2) is 4.18. The summed E-state index contributed by atoms with van der Waals surface area (Å²) in [4.78, 5) is 4.32. The number of benzene rings is 1. The maximum Gasteiger partial charge on any atom is 0.149 e. The van der Waals surface area contributed by atoms with E-state index >= 15 is 0 Å². The predicted octanol–water partition coefficient (Wildman–Crippen LogP) is 2.57. The number of para-hydroxylation sites is 1. The molecular formula is C13H15FN2. The first-order valence-corrected chi connectivity index (χ1v) is 5.38. The largest absolute Gasteiger partial charge is 0.328 e. The fraction of sp³-hybridized carbons (Fsp3) is 0.308. The second-order valence-electron chi connectivity index (χ2n) is 4.25. The van der Waals surface area contributed by atoms with E-state index in [4.69, 9.17) is 5.73 Å². The maximum atomic E-state index is 13.6. The maximum absolute atomic E-state index is 13.6. The zero-order valence-electron chi connectivity index (χ0n) is 9.50. The highest BCUT2D eigenvalue weighted by atomic mass is 19.1. The topological polar surface area (TPSA) is 38.9 Å². The molecule has 0 radical (unpaired) electrons. The van der Waals surface area contributed by atoms with Crippen molar-refractivity contribution in [3.8, 4) is 0 Å². The molecule has 1 atom stereocenters. The van der Waals surface area contributed by atoms with E-state index in [2.05, 4.69) is 4.98 Å². The Morgan fingerprint density at radius 1 is 1.44 bits per heavy atom. The Hall–Kier alpha value is -1.48. The molecular weight excluding hydrogens is 203 g/mol. The molecule has 0 amide bonds. The van der Waals surface area contributed by atoms with Crippen molar-refractivity contribution in [2.75, 3.05) is 0 Å². The average Bonchev–Trinajstić information content (AvgIpc) is 2.19. The van der Waals surface area contributed by atoms with Crippen LogP contribution in [0.5, 0.6) is 0 Å². The lowest BCUT2D eigenvalue weighted by molar-refractivity contribution is 0.635. The summed E-state index contributed by atoms with van der Waals surface area (Å²) in [5.41, 5.74) is 8.06. The smallest absolute Gasteiger partial charge is 0.149 e. The van der Waals surface area contributed by atoms with Crippen molar-refractivity contribution < 1.29 is 4.39 Å². The average molecular weight is 218 g/mol. The molecule has 0 saturated carbocycles. The lowest BCUT2D eigenvalue weighted by Crippen LogP contribution is -2.18. The van der Waals surface area contributed by atoms with Crippen LogP contribution in [0.15, 0.2) is 24.3 Å². The molecule has 0 aliphatic carbocycles. The number of fused-ring (bicyclic) bond motifs is 1. The van der Waals surface area contributed by atoms with Crippen LogP contribution in [0.25, 0.3) is 10.9 Å². The fourth-order valence-electron chi connectivity index (χ4n) is 1.89. The minimum atomic E-state index is -0.271. The quantitative estimate of drug-likeness (QED) is 0.841. The van der Waals surface area contributed by atoms with Gasteiger partial charge in [0.05, 0.1) is 0 Å². The standard InChI is InChI=1S/C13H15FN2/c1-8-6-10(7-9(2)15)16-13-11(8)4-3-5-12(13)14/h3-6,9H,7,15H2,1-2H3. The first-order valence-electron chi connectivity index (χ1n) is 5.38. The Balaban J connectivity index is 2.61. The molecule has 0 spiro atoms. The normalized spacial score (nSPS) is 13.0. The third-order valence-corrected chi connectivity index (χ3v) is 2.58. The van der Waals surface area contributed by atoms with Gasteiger partial charge in [-0.05, 0) is 31.5 Å². The van der Waals surface area contributed by atoms with Crippen molar-refractivity contribution in [2.45, 2.75) is 26.3 Å². The summed E-state index contributed by atoms with van der Waals surface area (Å²) in [7, 11) is 0. The van der Waals surface area contributed by atoms with Gasteiger partial charge in [0.1, 0.15) is 11.3 Å². The molecule has 1 aromatic carbocycles. The zero-order chi connectivity index (χ0) is 11.7. The van der Waals surface area contributed by atoms with Crippen LogP contribution in [0, 0.1) is 12.7 Å². The molecule has 2 nitrogen and oxygen atoms in total. The number of nitrogens with two attached hydrogens (primary N) is 1. The molecule has 0 saturated heterocycles. The van der Waals surface area contributed by atoms with Crippen molar-refractivity contribution >= 4 is 10.9 Å². The first kappa shape index (κ1) is 11.0. The summed E-state index contributed by atoms with van der Waals surface area (Å²) < 4.78 is 13.6. The van der Waals surface area contributed by atoms with Gasteiger partial charge in [-0.25, -0.2) is 9.37 Å². The van der Waals surface area contributed by atoms with E-state index in [0.29, 0.717) is 11.9 Å². The first-order chi connectivity index (χ1) is 7.58. The number of hydrogen-bond donors (Lipinski definition) is 1. The summed E-state index contributed by atoms with van der Waals surface area (Å²) in [5.74, 6) is -0.271. The van der Waals surface area contributed by atoms with Gasteiger partial charge in [0.2, 0.25) is 0 Å². The molecule has 2 rings (SSSR count). The van der Waals surface area contributed by atoms with Gasteiger partial charge in [-0.2, -0.15) is 0 Å². The third-order valence-electron chi connectivity index (χ3n) is 2.58. The molecule has 2 N–H and O–H groups in total. The lowest BCUT2D eigenvalue weighted by Gasteiger charge is -2.08. The second-order valence-corrected chi connectivity index (χ2v) is 4.25. The number of aryl methyl sites for hydroxylation is 1. The van der Waals surface area contributed by atoms with Crippen molar-refractivity contribution in [3.63, 3.8) is 0 Å². The monoisotopic (exact) mass is 218 g/mol. The lowest BCUT2D eigenvalue weighted by atomic mass is 10.1. The van der Waals surface area contributed by atoms with Crippen LogP contribution < -0.4 is 5.73 Å². The molecule has 0 aliphatic heterocycles. The molecule has 1 unspecified atom stereocenters. The Morgan fingerprint density at radius 2 is 2.19 bits per heavy atom. The molecule has 1 aromatic heterocycles. The van der Waals surface area contributed by atoms with Crippen LogP contribution in [0.3, 0.4) is 0 Å². The molecule has 2 aromatic rings. The van der Waals surface area contributed by atoms with Crippen LogP contribution in [0.1, 0.15) is 18.2 Å². The molecule has 0 aliphatic rings. The Bertz CT molecular complexity index is 521. The summed E-state index contributed by atoms with van der Waals surface area (Å²) in [6, 6.07) is 7.04. The van der Waals surface area contributed by atoms with Gasteiger partial charge < -0.3 is 5.73 Å². The van der Waals surface area contributed by atoms with E-state index in [-0.39, 0.29) is 11.9 Å². The summed E-state index contributed by atoms with van der Waals surface area (Å²) in [5, 5.41) is 0.869. The van der Waals surface area contributed by atoms with Gasteiger partial charge in [0.25, 0.3) is 0 Å². The van der Waals surface area contributed by atoms with Crippen molar-refractivity contribution in [1.82, 2.24) is 4.98 Å². The minimum absolute atomic E-state index is 0.0381. The molecule has 0 bridgehead atoms. The van der Waals surface area contributed by atoms with Crippen molar-refractivity contribution in [1.29, 1.82) is 0 Å². The van der Waals surface area contributed by atoms with Crippen LogP contribution in [0.4, 0.5) is 4.39 Å². The minimum Gasteiger partial charge on any atom is -0.328 e. The van der Waals surface area contributed by atoms with Crippen LogP contribution in [-0.4, -0.2) is 11.0 Å². The predicted molar refractivity (Wildman–Crippen MR) is 63.8 cm³/mol. The highest BCUT2D eigenvalue weighted by molar-refractivity contribution is 5.82. The van der Waals surface area contributed by atoms with E-state index in [1.165, 1.54) is 6.07 Å². The number of rotatable bonds is 2. The number of pyridine rings is 1. The SMILES string of the molecule is Cc1cc(CC(C)N)nc2c(F)cccc12. The number of nitrogens with zero attached hydrogens (tertiary/aromatic N) is 1. The number of aromatic nitrogens is 1. The number of halogens is 1. The van der Waals surface area contributed by atoms with Crippen molar-refractivity contribution in [2.24, 2.45) is 5.73 Å². The Morgan fingerprint density at radius 3 is 2.88 bits per heavy atom. The van der Waals surface area contributed by atoms with Crippen LogP contribution in [-0.2, 0) is 6.42 Å². The van der Waals surface area contributed by atoms with E-state index < -0.39 is 0 Å². The number of hydrogen-bond acceptors (Lipinski definition) is 2. The van der Waals surface area contributed by atoms with Gasteiger partial charge in [0.15, 0.2) is 0 Å². The highest BCUT2D eigenvalue weighted by Crippen LogP contribution is 2.20. The summed E-state index contributed by atoms with van der Waals surface area (Å²) >= 11 is 0. The Labute approximate surface area is 94.3 Å². The summed E-state index contributed by atoms with van der Waals surface area (Å²) in [6.07, 6.45) is 0.672. The van der Waals surface area contributed by atoms with E-state index in [1.54, 1.807) is 6.07 Å². The third kappa shape index (κ3) is 2.04.